The van der Waals surface area contributed by atoms with E-state index in [4.69, 9.17) is 0 Å². The highest BCUT2D eigenvalue weighted by Gasteiger charge is 2.14. The van der Waals surface area contributed by atoms with Gasteiger partial charge in [-0.25, -0.2) is 9.29 Å². The molecule has 0 bridgehead atoms. The van der Waals surface area contributed by atoms with Gasteiger partial charge in [0.05, 0.1) is 5.69 Å². The molecule has 1 N–H and O–H groups in total. The second-order valence-electron chi connectivity index (χ2n) is 3.03. The van der Waals surface area contributed by atoms with E-state index in [0.29, 0.717) is 5.16 Å². The normalized spacial score (nSPS) is 10.1. The summed E-state index contributed by atoms with van der Waals surface area (Å²) in [7, 11) is 0. The number of para-hydroxylation sites is 1. The summed E-state index contributed by atoms with van der Waals surface area (Å²) in [5.74, 6) is -0.0624. The van der Waals surface area contributed by atoms with Gasteiger partial charge in [-0.1, -0.05) is 18.2 Å². The number of rotatable bonds is 3. The van der Waals surface area contributed by atoms with Gasteiger partial charge in [-0.2, -0.15) is 5.10 Å². The lowest BCUT2D eigenvalue weighted by atomic mass is 10.3. The molecule has 6 heteroatoms. The number of hydrogen-bond donors (Lipinski definition) is 1. The SMILES string of the molecule is CC(=O)N(Sc1ncn[nH]1)c1ccccc1. The minimum absolute atomic E-state index is 0.0624. The van der Waals surface area contributed by atoms with E-state index in [2.05, 4.69) is 15.2 Å². The first-order valence-corrected chi connectivity index (χ1v) is 5.44. The summed E-state index contributed by atoms with van der Waals surface area (Å²) >= 11 is 1.21. The highest BCUT2D eigenvalue weighted by atomic mass is 32.2. The zero-order valence-electron chi connectivity index (χ0n) is 8.62. The van der Waals surface area contributed by atoms with E-state index >= 15 is 0 Å². The number of amides is 1. The van der Waals surface area contributed by atoms with Gasteiger partial charge in [0.15, 0.2) is 0 Å². The summed E-state index contributed by atoms with van der Waals surface area (Å²) in [4.78, 5) is 15.5. The quantitative estimate of drug-likeness (QED) is 0.823. The van der Waals surface area contributed by atoms with E-state index in [1.165, 1.54) is 25.2 Å². The maximum absolute atomic E-state index is 11.5. The average molecular weight is 234 g/mol. The molecule has 5 nitrogen and oxygen atoms in total. The van der Waals surface area contributed by atoms with Crippen LogP contribution < -0.4 is 4.31 Å². The van der Waals surface area contributed by atoms with Crippen LogP contribution in [0.2, 0.25) is 0 Å². The number of aromatic amines is 1. The molecule has 0 spiro atoms. The fourth-order valence-corrected chi connectivity index (χ4v) is 1.90. The maximum atomic E-state index is 11.5. The number of nitrogens with one attached hydrogen (secondary N) is 1. The van der Waals surface area contributed by atoms with E-state index < -0.39 is 0 Å². The molecular formula is C10H10N4OS. The lowest BCUT2D eigenvalue weighted by Gasteiger charge is -2.17. The largest absolute Gasteiger partial charge is 0.274 e. The Hall–Kier alpha value is -1.82. The molecule has 1 aromatic carbocycles. The first-order chi connectivity index (χ1) is 7.77. The predicted molar refractivity (Wildman–Crippen MR) is 61.8 cm³/mol. The summed E-state index contributed by atoms with van der Waals surface area (Å²) in [5, 5.41) is 7.02. The topological polar surface area (TPSA) is 61.9 Å². The Morgan fingerprint density at radius 3 is 2.69 bits per heavy atom. The molecular weight excluding hydrogens is 224 g/mol. The van der Waals surface area contributed by atoms with Gasteiger partial charge in [-0.3, -0.25) is 9.89 Å². The smallest absolute Gasteiger partial charge is 0.234 e. The minimum atomic E-state index is -0.0624. The fourth-order valence-electron chi connectivity index (χ4n) is 1.19. The van der Waals surface area contributed by atoms with Gasteiger partial charge in [0.25, 0.3) is 0 Å². The number of benzene rings is 1. The lowest BCUT2D eigenvalue weighted by Crippen LogP contribution is -2.20. The number of aromatic nitrogens is 3. The Morgan fingerprint density at radius 1 is 1.38 bits per heavy atom. The van der Waals surface area contributed by atoms with Crippen LogP contribution in [0.5, 0.6) is 0 Å². The first-order valence-electron chi connectivity index (χ1n) is 4.66. The number of nitrogens with zero attached hydrogens (tertiary/aromatic N) is 3. The first kappa shape index (κ1) is 10.7. The van der Waals surface area contributed by atoms with Crippen molar-refractivity contribution in [2.24, 2.45) is 0 Å². The average Bonchev–Trinajstić information content (AvgIpc) is 2.79. The molecule has 0 radical (unpaired) electrons. The maximum Gasteiger partial charge on any atom is 0.234 e. The molecule has 1 heterocycles. The van der Waals surface area contributed by atoms with Crippen molar-refractivity contribution >= 4 is 23.5 Å². The second kappa shape index (κ2) is 4.80. The third-order valence-corrected chi connectivity index (χ3v) is 2.87. The van der Waals surface area contributed by atoms with Crippen LogP contribution in [0, 0.1) is 0 Å². The van der Waals surface area contributed by atoms with Gasteiger partial charge in [0.2, 0.25) is 11.1 Å². The highest BCUT2D eigenvalue weighted by molar-refractivity contribution is 8.01. The number of anilines is 1. The standard InChI is InChI=1S/C10H10N4OS/c1-8(15)14(9-5-3-2-4-6-9)16-10-11-7-12-13-10/h2-7H,1H3,(H,11,12,13). The molecule has 0 fully saturated rings. The lowest BCUT2D eigenvalue weighted by molar-refractivity contribution is -0.115. The Kier molecular flexibility index (Phi) is 3.21. The van der Waals surface area contributed by atoms with Crippen molar-refractivity contribution < 1.29 is 4.79 Å². The molecule has 0 atom stereocenters. The predicted octanol–water partition coefficient (Wildman–Crippen LogP) is 1.86. The van der Waals surface area contributed by atoms with Crippen molar-refractivity contribution in [1.82, 2.24) is 15.2 Å². The van der Waals surface area contributed by atoms with Gasteiger partial charge in [-0.15, -0.1) is 0 Å². The second-order valence-corrected chi connectivity index (χ2v) is 3.97. The third-order valence-electron chi connectivity index (χ3n) is 1.85. The van der Waals surface area contributed by atoms with Crippen molar-refractivity contribution in [3.63, 3.8) is 0 Å². The highest BCUT2D eigenvalue weighted by Crippen LogP contribution is 2.25. The van der Waals surface area contributed by atoms with Crippen molar-refractivity contribution in [2.75, 3.05) is 4.31 Å². The van der Waals surface area contributed by atoms with Crippen LogP contribution in [-0.4, -0.2) is 21.1 Å². The molecule has 1 aromatic heterocycles. The molecule has 2 rings (SSSR count). The fraction of sp³-hybridized carbons (Fsp3) is 0.100. The van der Waals surface area contributed by atoms with Crippen LogP contribution in [-0.2, 0) is 4.79 Å². The zero-order chi connectivity index (χ0) is 11.4. The molecule has 1 amide bonds. The zero-order valence-corrected chi connectivity index (χ0v) is 9.44. The molecule has 0 saturated carbocycles. The van der Waals surface area contributed by atoms with Gasteiger partial charge in [0, 0.05) is 18.9 Å². The summed E-state index contributed by atoms with van der Waals surface area (Å²) in [6.45, 7) is 1.51. The molecule has 0 aliphatic carbocycles. The van der Waals surface area contributed by atoms with E-state index in [-0.39, 0.29) is 5.91 Å². The van der Waals surface area contributed by atoms with Crippen LogP contribution in [0.1, 0.15) is 6.92 Å². The summed E-state index contributed by atoms with van der Waals surface area (Å²) in [6, 6.07) is 9.40. The van der Waals surface area contributed by atoms with Crippen molar-refractivity contribution in [3.05, 3.63) is 36.7 Å². The van der Waals surface area contributed by atoms with E-state index in [1.807, 2.05) is 30.3 Å². The summed E-state index contributed by atoms with van der Waals surface area (Å²) in [6.07, 6.45) is 1.41. The van der Waals surface area contributed by atoms with Crippen molar-refractivity contribution in [1.29, 1.82) is 0 Å². The molecule has 82 valence electrons. The molecule has 16 heavy (non-hydrogen) atoms. The summed E-state index contributed by atoms with van der Waals surface area (Å²) in [5.41, 5.74) is 0.816. The van der Waals surface area contributed by atoms with Crippen LogP contribution in [0.25, 0.3) is 0 Å². The van der Waals surface area contributed by atoms with Gasteiger partial charge < -0.3 is 0 Å². The van der Waals surface area contributed by atoms with Crippen LogP contribution in [0.3, 0.4) is 0 Å². The molecule has 0 aliphatic rings. The van der Waals surface area contributed by atoms with Gasteiger partial charge >= 0.3 is 0 Å². The molecule has 0 unspecified atom stereocenters. The van der Waals surface area contributed by atoms with Crippen LogP contribution >= 0.6 is 11.9 Å². The number of carbonyl (C=O) groups is 1. The third kappa shape index (κ3) is 2.40. The van der Waals surface area contributed by atoms with Gasteiger partial charge in [-0.05, 0) is 12.1 Å². The number of carbonyl (C=O) groups excluding carboxylic acids is 1. The Labute approximate surface area is 97.0 Å². The van der Waals surface area contributed by atoms with Crippen molar-refractivity contribution in [3.8, 4) is 0 Å². The van der Waals surface area contributed by atoms with Crippen molar-refractivity contribution in [2.45, 2.75) is 12.1 Å². The Balaban J connectivity index is 2.22. The summed E-state index contributed by atoms with van der Waals surface area (Å²) < 4.78 is 1.56. The van der Waals surface area contributed by atoms with E-state index in [9.17, 15) is 4.79 Å². The van der Waals surface area contributed by atoms with E-state index in [0.717, 1.165) is 5.69 Å². The Bertz CT molecular complexity index is 457. The Morgan fingerprint density at radius 2 is 2.12 bits per heavy atom. The number of hydrogen-bond acceptors (Lipinski definition) is 4. The molecule has 2 aromatic rings. The minimum Gasteiger partial charge on any atom is -0.274 e. The van der Waals surface area contributed by atoms with Crippen LogP contribution in [0.15, 0.2) is 41.8 Å². The monoisotopic (exact) mass is 234 g/mol. The molecule has 0 saturated heterocycles. The van der Waals surface area contributed by atoms with Crippen LogP contribution in [0.4, 0.5) is 5.69 Å². The van der Waals surface area contributed by atoms with E-state index in [1.54, 1.807) is 4.31 Å². The van der Waals surface area contributed by atoms with Gasteiger partial charge in [0.1, 0.15) is 6.33 Å². The molecule has 0 aliphatic heterocycles. The number of H-pyrrole nitrogens is 1.